The summed E-state index contributed by atoms with van der Waals surface area (Å²) in [7, 11) is 6.43. The maximum absolute atomic E-state index is 12.0. The molecule has 0 radical (unpaired) electrons. The second-order valence-electron chi connectivity index (χ2n) is 15.4. The lowest BCUT2D eigenvalue weighted by Gasteiger charge is -2.49. The number of hydrogen-bond donors (Lipinski definition) is 5. The number of esters is 4. The van der Waals surface area contributed by atoms with Crippen LogP contribution >= 0.6 is 0 Å². The van der Waals surface area contributed by atoms with Crippen LogP contribution < -0.4 is 0 Å². The normalized spacial score (nSPS) is 18.9. The molecule has 4 aromatic carbocycles. The van der Waals surface area contributed by atoms with Crippen LogP contribution in [0.5, 0.6) is 0 Å². The summed E-state index contributed by atoms with van der Waals surface area (Å²) in [5.41, 5.74) is 0.101. The highest BCUT2D eigenvalue weighted by atomic mass is 16.6. The Balaban J connectivity index is 0.000000276. The lowest BCUT2D eigenvalue weighted by Crippen LogP contribution is -2.58. The Morgan fingerprint density at radius 3 is 1.00 bits per heavy atom. The number of benzene rings is 4. The van der Waals surface area contributed by atoms with Crippen molar-refractivity contribution in [3.05, 3.63) is 144 Å². The van der Waals surface area contributed by atoms with Crippen molar-refractivity contribution in [1.82, 2.24) is 9.80 Å². The van der Waals surface area contributed by atoms with Gasteiger partial charge in [-0.3, -0.25) is 0 Å². The van der Waals surface area contributed by atoms with E-state index in [9.17, 15) is 63.9 Å². The fourth-order valence-electron chi connectivity index (χ4n) is 7.25. The quantitative estimate of drug-likeness (QED) is 0.0845. The van der Waals surface area contributed by atoms with Gasteiger partial charge in [0.05, 0.1) is 28.4 Å². The number of rotatable bonds is 15. The van der Waals surface area contributed by atoms with Crippen molar-refractivity contribution >= 4 is 47.8 Å². The number of aliphatic hydroxyl groups is 1. The second-order valence-corrected chi connectivity index (χ2v) is 15.4. The zero-order valence-corrected chi connectivity index (χ0v) is 36.5. The summed E-state index contributed by atoms with van der Waals surface area (Å²) in [5, 5.41) is 47.1. The molecule has 2 fully saturated rings. The molecule has 1 aliphatic carbocycles. The highest BCUT2D eigenvalue weighted by Crippen LogP contribution is 2.36. The van der Waals surface area contributed by atoms with Crippen molar-refractivity contribution in [2.45, 2.75) is 49.4 Å². The summed E-state index contributed by atoms with van der Waals surface area (Å²) in [6.45, 7) is 2.14. The first-order valence-electron chi connectivity index (χ1n) is 20.4. The molecule has 1 aliphatic heterocycles. The van der Waals surface area contributed by atoms with Gasteiger partial charge in [0.25, 0.3) is 0 Å². The number of carboxylic acids is 4. The van der Waals surface area contributed by atoms with Crippen LogP contribution in [0.25, 0.3) is 0 Å². The minimum atomic E-state index is -2.21. The molecule has 2 unspecified atom stereocenters. The van der Waals surface area contributed by atoms with Gasteiger partial charge in [-0.25, -0.2) is 38.4 Å². The molecule has 2 bridgehead atoms. The maximum Gasteiger partial charge on any atom is 0.349 e. The molecule has 0 amide bonds. The van der Waals surface area contributed by atoms with E-state index in [0.29, 0.717) is 17.9 Å². The van der Waals surface area contributed by atoms with Gasteiger partial charge >= 0.3 is 47.8 Å². The van der Waals surface area contributed by atoms with Gasteiger partial charge in [-0.15, -0.1) is 0 Å². The third-order valence-electron chi connectivity index (χ3n) is 10.5. The molecule has 0 aromatic heterocycles. The number of carboxylic acid groups (broad SMARTS) is 4. The van der Waals surface area contributed by atoms with Gasteiger partial charge in [-0.1, -0.05) is 72.8 Å². The van der Waals surface area contributed by atoms with Crippen molar-refractivity contribution in [3.8, 4) is 0 Å². The number of aliphatic hydroxyl groups excluding tert-OH is 1. The first kappa shape index (κ1) is 53.8. The lowest BCUT2D eigenvalue weighted by molar-refractivity contribution is -0.166. The van der Waals surface area contributed by atoms with E-state index >= 15 is 0 Å². The number of hydrogen-bond acceptors (Lipinski definition) is 15. The zero-order chi connectivity index (χ0) is 48.5. The number of fused-ring (bicyclic) bond motifs is 2. The maximum atomic E-state index is 12.0. The molecule has 2 aliphatic rings. The van der Waals surface area contributed by atoms with Crippen LogP contribution in [0, 0.1) is 11.8 Å². The van der Waals surface area contributed by atoms with Crippen LogP contribution in [0.1, 0.15) is 54.3 Å². The Morgan fingerprint density at radius 2 is 0.761 bits per heavy atom. The van der Waals surface area contributed by atoms with Crippen LogP contribution in [0.4, 0.5) is 0 Å². The molecule has 1 saturated heterocycles. The summed E-state index contributed by atoms with van der Waals surface area (Å²) in [5.74, 6) is -10.3. The average Bonchev–Trinajstić information content (AvgIpc) is 3.30. The van der Waals surface area contributed by atoms with Gasteiger partial charge in [0.2, 0.25) is 24.4 Å². The third kappa shape index (κ3) is 15.6. The minimum Gasteiger partial charge on any atom is -0.478 e. The molecule has 4 aromatic rings. The number of nitrogens with zero attached hydrogens (tertiary/aromatic N) is 2. The average molecular weight is 933 g/mol. The van der Waals surface area contributed by atoms with E-state index in [-0.39, 0.29) is 33.8 Å². The number of likely N-dealkylation sites (tertiary alicyclic amines) is 1. The fourth-order valence-corrected chi connectivity index (χ4v) is 7.25. The molecular weight excluding hydrogens is 881 g/mol. The summed E-state index contributed by atoms with van der Waals surface area (Å²) in [4.78, 5) is 98.3. The Bertz CT molecular complexity index is 2000. The van der Waals surface area contributed by atoms with Gasteiger partial charge in [-0.2, -0.15) is 0 Å². The van der Waals surface area contributed by atoms with Crippen molar-refractivity contribution < 1.29 is 88.3 Å². The third-order valence-corrected chi connectivity index (χ3v) is 10.5. The molecular formula is C47H52N2O18. The Morgan fingerprint density at radius 1 is 0.493 bits per heavy atom. The molecule has 20 nitrogen and oxygen atoms in total. The number of carbonyl (C=O) groups is 8. The largest absolute Gasteiger partial charge is 0.478 e. The van der Waals surface area contributed by atoms with E-state index in [0.717, 1.165) is 13.1 Å². The standard InChI is InChI=1S/2C18H14O8.C11H22N2O.H2O/c2*19-15(20)13(25-17(23)11-7-3-1-4-8-11)14(16(21)22)26-18(24)12-9-5-2-6-10-12;1-12(2)10-5-4-8-6-13(3)7-9(10)11(8)14;/h2*1-10,13-14H,(H,19,20)(H,21,22);8-11,14H,4-7H2,1-3H3;1H2/t2*13-,14-;8?,9?,10-,11-;/m001./s1. The number of aliphatic carboxylic acids is 4. The van der Waals surface area contributed by atoms with E-state index in [4.69, 9.17) is 18.9 Å². The Hall–Kier alpha value is -7.52. The molecule has 1 saturated carbocycles. The number of carbonyl (C=O) groups excluding carboxylic acids is 4. The highest BCUT2D eigenvalue weighted by molar-refractivity contribution is 5.96. The minimum absolute atomic E-state index is 0. The number of ether oxygens (including phenoxy) is 4. The first-order chi connectivity index (χ1) is 31.4. The summed E-state index contributed by atoms with van der Waals surface area (Å²) >= 11 is 0. The summed E-state index contributed by atoms with van der Waals surface area (Å²) in [6.07, 6.45) is -6.48. The summed E-state index contributed by atoms with van der Waals surface area (Å²) in [6, 6.07) is 30.2. The molecule has 8 atom stereocenters. The van der Waals surface area contributed by atoms with Gasteiger partial charge in [0.15, 0.2) is 0 Å². The van der Waals surface area contributed by atoms with E-state index in [1.807, 2.05) is 0 Å². The first-order valence-corrected chi connectivity index (χ1v) is 20.4. The SMILES string of the molecule is CN1CC2CC[C@@H](N(C)C)C(C1)[C@@H]2O.O.O=C(O[C@H](C(=O)O)[C@H](OC(=O)c1ccccc1)C(=O)O)c1ccccc1.O=C(O[C@H](C(=O)O)[C@H](OC(=O)c1ccccc1)C(=O)O)c1ccccc1. The zero-order valence-electron chi connectivity index (χ0n) is 36.5. The fraction of sp³-hybridized carbons (Fsp3) is 0.319. The van der Waals surface area contributed by atoms with E-state index in [1.165, 1.54) is 110 Å². The monoisotopic (exact) mass is 932 g/mol. The van der Waals surface area contributed by atoms with Crippen molar-refractivity contribution in [2.24, 2.45) is 11.8 Å². The molecule has 0 spiro atoms. The second kappa shape index (κ2) is 25.8. The van der Waals surface area contributed by atoms with Crippen LogP contribution in [0.15, 0.2) is 121 Å². The van der Waals surface area contributed by atoms with E-state index < -0.39 is 72.2 Å². The predicted octanol–water partition coefficient (Wildman–Crippen LogP) is 2.64. The topological polar surface area (TPSA) is 313 Å². The molecule has 358 valence electrons. The van der Waals surface area contributed by atoms with Crippen LogP contribution in [-0.4, -0.2) is 159 Å². The Kier molecular flexibility index (Phi) is 20.8. The van der Waals surface area contributed by atoms with Gasteiger partial charge in [0, 0.05) is 25.0 Å². The lowest BCUT2D eigenvalue weighted by atomic mass is 9.72. The summed E-state index contributed by atoms with van der Waals surface area (Å²) < 4.78 is 19.0. The Labute approximate surface area is 384 Å². The highest BCUT2D eigenvalue weighted by Gasteiger charge is 2.44. The van der Waals surface area contributed by atoms with Gasteiger partial charge in [0.1, 0.15) is 0 Å². The molecule has 6 rings (SSSR count). The van der Waals surface area contributed by atoms with Crippen molar-refractivity contribution in [2.75, 3.05) is 34.2 Å². The van der Waals surface area contributed by atoms with Crippen molar-refractivity contribution in [3.63, 3.8) is 0 Å². The molecule has 20 heteroatoms. The molecule has 67 heavy (non-hydrogen) atoms. The van der Waals surface area contributed by atoms with E-state index in [2.05, 4.69) is 30.9 Å². The van der Waals surface area contributed by atoms with Crippen molar-refractivity contribution in [1.29, 1.82) is 0 Å². The van der Waals surface area contributed by atoms with E-state index in [1.54, 1.807) is 24.3 Å². The number of piperidine rings is 1. The van der Waals surface area contributed by atoms with Crippen LogP contribution in [-0.2, 0) is 38.1 Å². The predicted molar refractivity (Wildman–Crippen MR) is 234 cm³/mol. The van der Waals surface area contributed by atoms with Gasteiger partial charge in [-0.05, 0) is 88.4 Å². The van der Waals surface area contributed by atoms with Gasteiger partial charge < -0.3 is 59.8 Å². The van der Waals surface area contributed by atoms with Crippen LogP contribution in [0.3, 0.4) is 0 Å². The smallest absolute Gasteiger partial charge is 0.349 e. The molecule has 1 heterocycles. The molecule has 7 N–H and O–H groups in total. The van der Waals surface area contributed by atoms with Crippen LogP contribution in [0.2, 0.25) is 0 Å².